The molecule has 2 aliphatic rings. The van der Waals surface area contributed by atoms with Gasteiger partial charge in [-0.15, -0.1) is 0 Å². The van der Waals surface area contributed by atoms with Crippen molar-refractivity contribution in [3.05, 3.63) is 0 Å². The summed E-state index contributed by atoms with van der Waals surface area (Å²) in [7, 11) is 0. The monoisotopic (exact) mass is 396 g/mol. The quantitative estimate of drug-likeness (QED) is 0.445. The van der Waals surface area contributed by atoms with Gasteiger partial charge >= 0.3 is 0 Å². The average Bonchev–Trinajstić information content (AvgIpc) is 3.30. The molecular weight excluding hydrogens is 364 g/mol. The van der Waals surface area contributed by atoms with Crippen LogP contribution in [0, 0.1) is 11.8 Å². The van der Waals surface area contributed by atoms with Gasteiger partial charge in [-0.2, -0.15) is 0 Å². The fourth-order valence-electron chi connectivity index (χ4n) is 3.46. The van der Waals surface area contributed by atoms with Crippen LogP contribution in [0.2, 0.25) is 0 Å². The number of nitrogens with one attached hydrogen (secondary N) is 2. The molecule has 0 saturated heterocycles. The molecule has 2 aliphatic carbocycles. The van der Waals surface area contributed by atoms with Crippen molar-refractivity contribution in [2.45, 2.75) is 51.4 Å². The van der Waals surface area contributed by atoms with E-state index in [-0.39, 0.29) is 35.2 Å². The van der Waals surface area contributed by atoms with Crippen LogP contribution in [0.25, 0.3) is 0 Å². The number of hydrogen-bond donors (Lipinski definition) is 2. The van der Waals surface area contributed by atoms with Crippen LogP contribution < -0.4 is 10.6 Å². The first-order valence-corrected chi connectivity index (χ1v) is 10.3. The highest BCUT2D eigenvalue weighted by atomic mass is 16.5. The maximum Gasteiger partial charge on any atom is 0.223 e. The number of ketones is 2. The van der Waals surface area contributed by atoms with E-state index >= 15 is 0 Å². The Morgan fingerprint density at radius 3 is 1.54 bits per heavy atom. The molecule has 0 aliphatic heterocycles. The average molecular weight is 396 g/mol. The second kappa shape index (κ2) is 12.6. The van der Waals surface area contributed by atoms with Crippen LogP contribution >= 0.6 is 0 Å². The van der Waals surface area contributed by atoms with Gasteiger partial charge in [-0.25, -0.2) is 0 Å². The van der Waals surface area contributed by atoms with Gasteiger partial charge in [0.25, 0.3) is 0 Å². The molecule has 2 saturated carbocycles. The summed E-state index contributed by atoms with van der Waals surface area (Å²) < 4.78 is 10.9. The minimum absolute atomic E-state index is 0.0270. The zero-order chi connectivity index (χ0) is 20.2. The molecule has 0 spiro atoms. The van der Waals surface area contributed by atoms with Gasteiger partial charge in [0.15, 0.2) is 0 Å². The number of carbonyl (C=O) groups excluding carboxylic acids is 4. The number of ether oxygens (including phenoxy) is 2. The number of hydrogen-bond acceptors (Lipinski definition) is 6. The van der Waals surface area contributed by atoms with Crippen LogP contribution in [0.15, 0.2) is 0 Å². The van der Waals surface area contributed by atoms with Crippen molar-refractivity contribution in [2.75, 3.05) is 39.5 Å². The Labute approximate surface area is 166 Å². The lowest BCUT2D eigenvalue weighted by Crippen LogP contribution is -2.31. The second-order valence-electron chi connectivity index (χ2n) is 7.47. The number of amides is 2. The van der Waals surface area contributed by atoms with Crippen molar-refractivity contribution in [2.24, 2.45) is 11.8 Å². The highest BCUT2D eigenvalue weighted by Crippen LogP contribution is 2.22. The van der Waals surface area contributed by atoms with Gasteiger partial charge in [0, 0.05) is 63.8 Å². The molecule has 2 N–H and O–H groups in total. The predicted octanol–water partition coefficient (Wildman–Crippen LogP) is 0.771. The fraction of sp³-hybridized carbons (Fsp3) is 0.800. The first-order chi connectivity index (χ1) is 13.6. The van der Waals surface area contributed by atoms with Crippen molar-refractivity contribution >= 4 is 23.4 Å². The molecule has 0 radical (unpaired) electrons. The predicted molar refractivity (Wildman–Crippen MR) is 102 cm³/mol. The van der Waals surface area contributed by atoms with Gasteiger partial charge in [-0.05, 0) is 25.7 Å². The third-order valence-electron chi connectivity index (χ3n) is 5.13. The van der Waals surface area contributed by atoms with E-state index < -0.39 is 0 Å². The lowest BCUT2D eigenvalue weighted by Gasteiger charge is -2.10. The Balaban J connectivity index is 1.31. The maximum atomic E-state index is 11.8. The molecule has 2 unspecified atom stereocenters. The molecule has 2 atom stereocenters. The molecule has 0 aromatic carbocycles. The molecule has 0 aromatic heterocycles. The van der Waals surface area contributed by atoms with Gasteiger partial charge in [-0.3, -0.25) is 19.2 Å². The summed E-state index contributed by atoms with van der Waals surface area (Å²) in [6, 6.07) is 0. The van der Waals surface area contributed by atoms with E-state index in [9.17, 15) is 19.2 Å². The second-order valence-corrected chi connectivity index (χ2v) is 7.47. The number of rotatable bonds is 13. The van der Waals surface area contributed by atoms with Crippen molar-refractivity contribution in [3.63, 3.8) is 0 Å². The fourth-order valence-corrected chi connectivity index (χ4v) is 3.46. The molecule has 2 amide bonds. The van der Waals surface area contributed by atoms with Crippen molar-refractivity contribution < 1.29 is 28.7 Å². The lowest BCUT2D eigenvalue weighted by molar-refractivity contribution is -0.126. The maximum absolute atomic E-state index is 11.8. The van der Waals surface area contributed by atoms with E-state index in [1.165, 1.54) is 0 Å². The third kappa shape index (κ3) is 8.48. The van der Waals surface area contributed by atoms with E-state index in [2.05, 4.69) is 10.6 Å². The summed E-state index contributed by atoms with van der Waals surface area (Å²) in [5.74, 6) is 0.00783. The first-order valence-electron chi connectivity index (χ1n) is 10.3. The third-order valence-corrected chi connectivity index (χ3v) is 5.13. The van der Waals surface area contributed by atoms with E-state index in [1.807, 2.05) is 0 Å². The number of carbonyl (C=O) groups is 4. The van der Waals surface area contributed by atoms with Crippen LogP contribution in [0.4, 0.5) is 0 Å². The molecule has 8 nitrogen and oxygen atoms in total. The van der Waals surface area contributed by atoms with Crippen molar-refractivity contribution in [3.8, 4) is 0 Å². The van der Waals surface area contributed by atoms with Gasteiger partial charge in [0.05, 0.1) is 13.2 Å². The van der Waals surface area contributed by atoms with Crippen LogP contribution in [0.1, 0.15) is 51.4 Å². The molecule has 8 heteroatoms. The molecule has 0 aromatic rings. The van der Waals surface area contributed by atoms with Gasteiger partial charge in [0.1, 0.15) is 11.6 Å². The summed E-state index contributed by atoms with van der Waals surface area (Å²) in [6.45, 7) is 3.17. The normalized spacial score (nSPS) is 21.9. The Bertz CT molecular complexity index is 503. The minimum atomic E-state index is -0.146. The lowest BCUT2D eigenvalue weighted by atomic mass is 10.1. The smallest absolute Gasteiger partial charge is 0.223 e. The summed E-state index contributed by atoms with van der Waals surface area (Å²) in [5.41, 5.74) is 0. The van der Waals surface area contributed by atoms with E-state index in [0.29, 0.717) is 78.0 Å². The molecule has 2 rings (SSSR count). The zero-order valence-corrected chi connectivity index (χ0v) is 16.5. The Kier molecular flexibility index (Phi) is 10.1. The van der Waals surface area contributed by atoms with E-state index in [1.54, 1.807) is 0 Å². The van der Waals surface area contributed by atoms with Crippen LogP contribution in [-0.2, 0) is 28.7 Å². The van der Waals surface area contributed by atoms with Crippen LogP contribution in [0.5, 0.6) is 0 Å². The van der Waals surface area contributed by atoms with Gasteiger partial charge in [0.2, 0.25) is 11.8 Å². The van der Waals surface area contributed by atoms with Crippen LogP contribution in [0.3, 0.4) is 0 Å². The summed E-state index contributed by atoms with van der Waals surface area (Å²) in [6.07, 6.45) is 4.59. The van der Waals surface area contributed by atoms with E-state index in [0.717, 1.165) is 12.8 Å². The molecule has 158 valence electrons. The molecule has 28 heavy (non-hydrogen) atoms. The highest BCUT2D eigenvalue weighted by Gasteiger charge is 2.28. The Morgan fingerprint density at radius 2 is 1.18 bits per heavy atom. The van der Waals surface area contributed by atoms with E-state index in [4.69, 9.17) is 9.47 Å². The Hall–Kier alpha value is -1.80. The van der Waals surface area contributed by atoms with Crippen molar-refractivity contribution in [1.82, 2.24) is 10.6 Å². The standard InChI is InChI=1S/C20H32N2O6/c23-17-5-3-15(13-17)19(25)21-7-1-9-27-11-12-28-10-2-8-22-20(26)16-4-6-18(24)14-16/h15-16H,1-14H2,(H,21,25)(H,22,26). The van der Waals surface area contributed by atoms with Crippen LogP contribution in [-0.4, -0.2) is 62.9 Å². The zero-order valence-electron chi connectivity index (χ0n) is 16.5. The molecule has 0 heterocycles. The van der Waals surface area contributed by atoms with Gasteiger partial charge in [-0.1, -0.05) is 0 Å². The highest BCUT2D eigenvalue weighted by molar-refractivity contribution is 5.90. The molecule has 2 fully saturated rings. The largest absolute Gasteiger partial charge is 0.379 e. The SMILES string of the molecule is O=C1CCC(C(=O)NCCCOCCOCCCNC(=O)C2CCC(=O)C2)C1. The molecular formula is C20H32N2O6. The summed E-state index contributed by atoms with van der Waals surface area (Å²) >= 11 is 0. The topological polar surface area (TPSA) is 111 Å². The first kappa shape index (κ1) is 22.5. The van der Waals surface area contributed by atoms with Gasteiger partial charge < -0.3 is 20.1 Å². The van der Waals surface area contributed by atoms with Crippen molar-refractivity contribution in [1.29, 1.82) is 0 Å². The summed E-state index contributed by atoms with van der Waals surface area (Å²) in [5, 5.41) is 5.69. The minimum Gasteiger partial charge on any atom is -0.379 e. The Morgan fingerprint density at radius 1 is 0.750 bits per heavy atom. The molecule has 0 bridgehead atoms. The summed E-state index contributed by atoms with van der Waals surface area (Å²) in [4.78, 5) is 46.0. The number of Topliss-reactive ketones (excluding diaryl/α,β-unsaturated/α-hetero) is 2.